The normalized spacial score (nSPS) is 14.3. The van der Waals surface area contributed by atoms with E-state index in [9.17, 15) is 13.2 Å². The number of carbonyl (C=O) groups is 1. The zero-order chi connectivity index (χ0) is 18.7. The van der Waals surface area contributed by atoms with E-state index < -0.39 is 10.0 Å². The predicted molar refractivity (Wildman–Crippen MR) is 106 cm³/mol. The van der Waals surface area contributed by atoms with Gasteiger partial charge in [-0.25, -0.2) is 8.42 Å². The number of anilines is 3. The molecule has 0 aromatic heterocycles. The van der Waals surface area contributed by atoms with Gasteiger partial charge in [0.15, 0.2) is 0 Å². The summed E-state index contributed by atoms with van der Waals surface area (Å²) in [7, 11) is -1.84. The summed E-state index contributed by atoms with van der Waals surface area (Å²) in [6.45, 7) is 2.17. The first-order chi connectivity index (χ1) is 12.3. The molecule has 2 aromatic carbocycles. The summed E-state index contributed by atoms with van der Waals surface area (Å²) < 4.78 is 24.3. The van der Waals surface area contributed by atoms with Gasteiger partial charge in [-0.3, -0.25) is 9.10 Å². The summed E-state index contributed by atoms with van der Waals surface area (Å²) in [6, 6.07) is 14.3. The molecule has 26 heavy (non-hydrogen) atoms. The molecule has 1 aliphatic rings. The molecule has 6 nitrogen and oxygen atoms in total. The monoisotopic (exact) mass is 373 g/mol. The maximum Gasteiger partial charge on any atom is 0.255 e. The first-order valence-electron chi connectivity index (χ1n) is 8.55. The molecule has 2 aromatic rings. The van der Waals surface area contributed by atoms with Gasteiger partial charge in [-0.05, 0) is 61.4 Å². The van der Waals surface area contributed by atoms with Crippen molar-refractivity contribution in [3.63, 3.8) is 0 Å². The summed E-state index contributed by atoms with van der Waals surface area (Å²) in [5, 5.41) is 2.87. The van der Waals surface area contributed by atoms with E-state index in [1.807, 2.05) is 24.3 Å². The van der Waals surface area contributed by atoms with Crippen LogP contribution in [0.15, 0.2) is 48.5 Å². The lowest BCUT2D eigenvalue weighted by Crippen LogP contribution is -2.24. The highest BCUT2D eigenvalue weighted by atomic mass is 32.2. The van der Waals surface area contributed by atoms with E-state index in [2.05, 4.69) is 10.2 Å². The Balaban J connectivity index is 1.66. The molecule has 1 aliphatic heterocycles. The Hall–Kier alpha value is -2.54. The van der Waals surface area contributed by atoms with Gasteiger partial charge in [-0.15, -0.1) is 0 Å². The molecule has 3 rings (SSSR count). The molecule has 1 fully saturated rings. The van der Waals surface area contributed by atoms with Gasteiger partial charge in [0.2, 0.25) is 10.0 Å². The van der Waals surface area contributed by atoms with E-state index in [0.717, 1.165) is 25.0 Å². The molecule has 1 N–H and O–H groups in total. The molecule has 0 atom stereocenters. The van der Waals surface area contributed by atoms with Crippen LogP contribution in [-0.4, -0.2) is 40.7 Å². The standard InChI is InChI=1S/C19H23N3O3S/c1-21(26(2,24)25)17-9-5-15(6-10-17)19(23)20-16-7-11-18(12-8-16)22-13-3-4-14-22/h5-12H,3-4,13-14H2,1-2H3,(H,20,23). The third-order valence-corrected chi connectivity index (χ3v) is 5.79. The third-order valence-electron chi connectivity index (χ3n) is 4.59. The van der Waals surface area contributed by atoms with Gasteiger partial charge in [-0.2, -0.15) is 0 Å². The fraction of sp³-hybridized carbons (Fsp3) is 0.316. The van der Waals surface area contributed by atoms with Gasteiger partial charge in [0.05, 0.1) is 11.9 Å². The van der Waals surface area contributed by atoms with Gasteiger partial charge in [-0.1, -0.05) is 0 Å². The van der Waals surface area contributed by atoms with E-state index in [1.54, 1.807) is 24.3 Å². The Morgan fingerprint density at radius 3 is 2.12 bits per heavy atom. The number of carbonyl (C=O) groups excluding carboxylic acids is 1. The van der Waals surface area contributed by atoms with Gasteiger partial charge in [0, 0.05) is 37.1 Å². The number of amides is 1. The zero-order valence-electron chi connectivity index (χ0n) is 15.0. The van der Waals surface area contributed by atoms with Crippen molar-refractivity contribution in [1.82, 2.24) is 0 Å². The minimum Gasteiger partial charge on any atom is -0.372 e. The molecular weight excluding hydrogens is 350 g/mol. The second-order valence-electron chi connectivity index (χ2n) is 6.47. The maximum atomic E-state index is 12.4. The van der Waals surface area contributed by atoms with E-state index in [1.165, 1.54) is 29.9 Å². The Morgan fingerprint density at radius 2 is 1.58 bits per heavy atom. The quantitative estimate of drug-likeness (QED) is 0.875. The Labute approximate surface area is 154 Å². The lowest BCUT2D eigenvalue weighted by atomic mass is 10.2. The number of benzene rings is 2. The number of hydrogen-bond acceptors (Lipinski definition) is 4. The van der Waals surface area contributed by atoms with Crippen LogP contribution in [0.5, 0.6) is 0 Å². The topological polar surface area (TPSA) is 69.7 Å². The van der Waals surface area contributed by atoms with E-state index >= 15 is 0 Å². The summed E-state index contributed by atoms with van der Waals surface area (Å²) in [5.74, 6) is -0.229. The lowest BCUT2D eigenvalue weighted by molar-refractivity contribution is 0.102. The van der Waals surface area contributed by atoms with Crippen LogP contribution in [0.25, 0.3) is 0 Å². The van der Waals surface area contributed by atoms with Gasteiger partial charge in [0.1, 0.15) is 0 Å². The molecule has 7 heteroatoms. The summed E-state index contributed by atoms with van der Waals surface area (Å²) in [5.41, 5.74) is 2.89. The summed E-state index contributed by atoms with van der Waals surface area (Å²) in [6.07, 6.45) is 3.59. The molecule has 0 spiro atoms. The molecule has 1 heterocycles. The molecule has 0 aliphatic carbocycles. The lowest BCUT2D eigenvalue weighted by Gasteiger charge is -2.18. The highest BCUT2D eigenvalue weighted by molar-refractivity contribution is 7.92. The number of rotatable bonds is 5. The van der Waals surface area contributed by atoms with Crippen LogP contribution in [0.4, 0.5) is 17.1 Å². The minimum absolute atomic E-state index is 0.229. The SMILES string of the molecule is CN(c1ccc(C(=O)Nc2ccc(N3CCCC3)cc2)cc1)S(C)(=O)=O. The Bertz CT molecular complexity index is 871. The number of nitrogens with one attached hydrogen (secondary N) is 1. The minimum atomic E-state index is -3.32. The Morgan fingerprint density at radius 1 is 1.00 bits per heavy atom. The number of nitrogens with zero attached hydrogens (tertiary/aromatic N) is 2. The van der Waals surface area contributed by atoms with E-state index in [4.69, 9.17) is 0 Å². The first-order valence-corrected chi connectivity index (χ1v) is 10.4. The number of hydrogen-bond donors (Lipinski definition) is 1. The average Bonchev–Trinajstić information content (AvgIpc) is 3.16. The molecule has 138 valence electrons. The van der Waals surface area contributed by atoms with Gasteiger partial charge < -0.3 is 10.2 Å². The second-order valence-corrected chi connectivity index (χ2v) is 8.49. The fourth-order valence-corrected chi connectivity index (χ4v) is 3.45. The first kappa shape index (κ1) is 18.3. The van der Waals surface area contributed by atoms with Gasteiger partial charge in [0.25, 0.3) is 5.91 Å². The van der Waals surface area contributed by atoms with Crippen LogP contribution in [0, 0.1) is 0 Å². The van der Waals surface area contributed by atoms with Crippen LogP contribution in [-0.2, 0) is 10.0 Å². The van der Waals surface area contributed by atoms with Crippen molar-refractivity contribution in [1.29, 1.82) is 0 Å². The Kier molecular flexibility index (Phi) is 5.18. The molecule has 0 radical (unpaired) electrons. The van der Waals surface area contributed by atoms with Gasteiger partial charge >= 0.3 is 0 Å². The van der Waals surface area contributed by atoms with Crippen molar-refractivity contribution < 1.29 is 13.2 Å². The fourth-order valence-electron chi connectivity index (χ4n) is 2.95. The third kappa shape index (κ3) is 4.16. The summed E-state index contributed by atoms with van der Waals surface area (Å²) in [4.78, 5) is 14.7. The van der Waals surface area contributed by atoms with Crippen LogP contribution < -0.4 is 14.5 Å². The van der Waals surface area contributed by atoms with Crippen molar-refractivity contribution in [2.24, 2.45) is 0 Å². The molecule has 1 amide bonds. The summed E-state index contributed by atoms with van der Waals surface area (Å²) >= 11 is 0. The van der Waals surface area contributed by atoms with E-state index in [-0.39, 0.29) is 5.91 Å². The van der Waals surface area contributed by atoms with Crippen molar-refractivity contribution in [2.75, 3.05) is 40.9 Å². The zero-order valence-corrected chi connectivity index (χ0v) is 15.8. The highest BCUT2D eigenvalue weighted by Crippen LogP contribution is 2.22. The van der Waals surface area contributed by atoms with Crippen LogP contribution >= 0.6 is 0 Å². The van der Waals surface area contributed by atoms with Crippen molar-refractivity contribution >= 4 is 33.0 Å². The number of sulfonamides is 1. The van der Waals surface area contributed by atoms with E-state index in [0.29, 0.717) is 11.3 Å². The van der Waals surface area contributed by atoms with Crippen molar-refractivity contribution in [3.8, 4) is 0 Å². The second kappa shape index (κ2) is 7.37. The molecule has 0 saturated carbocycles. The molecule has 1 saturated heterocycles. The van der Waals surface area contributed by atoms with Crippen LogP contribution in [0.1, 0.15) is 23.2 Å². The maximum absolute atomic E-state index is 12.4. The average molecular weight is 373 g/mol. The van der Waals surface area contributed by atoms with Crippen molar-refractivity contribution in [2.45, 2.75) is 12.8 Å². The van der Waals surface area contributed by atoms with Crippen LogP contribution in [0.2, 0.25) is 0 Å². The predicted octanol–water partition coefficient (Wildman–Crippen LogP) is 2.93. The largest absolute Gasteiger partial charge is 0.372 e. The van der Waals surface area contributed by atoms with Crippen molar-refractivity contribution in [3.05, 3.63) is 54.1 Å². The molecular formula is C19H23N3O3S. The molecule has 0 unspecified atom stereocenters. The smallest absolute Gasteiger partial charge is 0.255 e. The highest BCUT2D eigenvalue weighted by Gasteiger charge is 2.14. The molecule has 0 bridgehead atoms. The van der Waals surface area contributed by atoms with Crippen LogP contribution in [0.3, 0.4) is 0 Å².